The number of carbonyl (C=O) groups excluding carboxylic acids is 1. The normalized spacial score (nSPS) is 21.3. The van der Waals surface area contributed by atoms with Gasteiger partial charge in [-0.2, -0.15) is 0 Å². The summed E-state index contributed by atoms with van der Waals surface area (Å²) in [7, 11) is -3.31. The Labute approximate surface area is 250 Å². The Morgan fingerprint density at radius 2 is 1.60 bits per heavy atom. The minimum atomic E-state index is -3.31. The van der Waals surface area contributed by atoms with E-state index in [0.29, 0.717) is 31.2 Å². The lowest BCUT2D eigenvalue weighted by Gasteiger charge is -2.41. The number of nitrogens with one attached hydrogen (secondary N) is 1. The first kappa shape index (κ1) is 29.4. The van der Waals surface area contributed by atoms with Gasteiger partial charge in [-0.1, -0.05) is 37.3 Å². The molecule has 1 amide bonds. The molecule has 0 radical (unpaired) electrons. The molecule has 2 aromatic carbocycles. The summed E-state index contributed by atoms with van der Waals surface area (Å²) in [6.45, 7) is 8.44. The van der Waals surface area contributed by atoms with Crippen LogP contribution in [0.25, 0.3) is 22.0 Å². The number of benzene rings is 2. The van der Waals surface area contributed by atoms with Crippen molar-refractivity contribution in [1.29, 1.82) is 0 Å². The molecule has 0 bridgehead atoms. The third kappa shape index (κ3) is 6.30. The van der Waals surface area contributed by atoms with Crippen LogP contribution in [0.2, 0.25) is 0 Å². The average molecular weight is 592 g/mol. The molecule has 226 valence electrons. The van der Waals surface area contributed by atoms with E-state index >= 15 is 0 Å². The number of H-pyrrole nitrogens is 1. The first-order valence-corrected chi connectivity index (χ1v) is 17.3. The maximum atomic E-state index is 13.3. The van der Waals surface area contributed by atoms with Crippen LogP contribution >= 0.6 is 0 Å². The highest BCUT2D eigenvalue weighted by Gasteiger charge is 2.32. The Balaban J connectivity index is 1.06. The Hall–Kier alpha value is -2.72. The summed E-state index contributed by atoms with van der Waals surface area (Å²) in [4.78, 5) is 20.6. The second-order valence-corrected chi connectivity index (χ2v) is 14.8. The molecule has 3 saturated heterocycles. The molecule has 0 aliphatic carbocycles. The molecule has 3 aliphatic rings. The fourth-order valence-corrected chi connectivity index (χ4v) is 8.82. The number of sulfonamides is 1. The molecule has 8 nitrogen and oxygen atoms in total. The summed E-state index contributed by atoms with van der Waals surface area (Å²) < 4.78 is 28.4. The number of nitrogens with zero attached hydrogens (tertiary/aromatic N) is 3. The Kier molecular flexibility index (Phi) is 8.73. The Bertz CT molecular complexity index is 1480. The van der Waals surface area contributed by atoms with Gasteiger partial charge in [-0.25, -0.2) is 12.7 Å². The van der Waals surface area contributed by atoms with E-state index < -0.39 is 15.9 Å². The topological polar surface area (TPSA) is 103 Å². The molecule has 6 rings (SSSR count). The number of carbonyl (C=O) groups is 1. The van der Waals surface area contributed by atoms with Crippen LogP contribution in [0.4, 0.5) is 0 Å². The van der Waals surface area contributed by atoms with Crippen LogP contribution in [0.15, 0.2) is 48.7 Å². The monoisotopic (exact) mass is 591 g/mol. The van der Waals surface area contributed by atoms with Crippen molar-refractivity contribution in [2.24, 2.45) is 11.7 Å². The largest absolute Gasteiger partial charge is 0.366 e. The Morgan fingerprint density at radius 1 is 0.905 bits per heavy atom. The van der Waals surface area contributed by atoms with Crippen molar-refractivity contribution >= 4 is 26.8 Å². The van der Waals surface area contributed by atoms with E-state index in [1.54, 1.807) is 4.31 Å². The van der Waals surface area contributed by atoms with Crippen LogP contribution in [0.3, 0.4) is 0 Å². The lowest BCUT2D eigenvalue weighted by Crippen LogP contribution is -2.49. The second-order valence-electron chi connectivity index (χ2n) is 12.7. The summed E-state index contributed by atoms with van der Waals surface area (Å²) in [5, 5.41) is 0.994. The van der Waals surface area contributed by atoms with Crippen LogP contribution in [-0.4, -0.2) is 91.0 Å². The smallest absolute Gasteiger partial charge is 0.250 e. The second kappa shape index (κ2) is 12.5. The number of likely N-dealkylation sites (tertiary alicyclic amines) is 2. The van der Waals surface area contributed by atoms with Gasteiger partial charge >= 0.3 is 0 Å². The summed E-state index contributed by atoms with van der Waals surface area (Å²) >= 11 is 0. The number of aromatic nitrogens is 1. The number of amides is 1. The third-order valence-electron chi connectivity index (χ3n) is 10.0. The minimum absolute atomic E-state index is 0.194. The number of rotatable bonds is 8. The zero-order valence-corrected chi connectivity index (χ0v) is 25.6. The molecular formula is C33H45N5O3S. The van der Waals surface area contributed by atoms with Gasteiger partial charge in [0.2, 0.25) is 10.0 Å². The Morgan fingerprint density at radius 3 is 2.26 bits per heavy atom. The van der Waals surface area contributed by atoms with E-state index in [1.165, 1.54) is 25.9 Å². The molecule has 3 fully saturated rings. The van der Waals surface area contributed by atoms with Crippen molar-refractivity contribution in [3.63, 3.8) is 0 Å². The molecule has 4 heterocycles. The first-order chi connectivity index (χ1) is 20.3. The van der Waals surface area contributed by atoms with Gasteiger partial charge in [-0.3, -0.25) is 4.79 Å². The van der Waals surface area contributed by atoms with Gasteiger partial charge in [-0.05, 0) is 105 Å². The predicted molar refractivity (Wildman–Crippen MR) is 169 cm³/mol. The zero-order chi connectivity index (χ0) is 29.3. The van der Waals surface area contributed by atoms with E-state index in [0.717, 1.165) is 72.3 Å². The zero-order valence-electron chi connectivity index (χ0n) is 24.8. The number of nitrogens with two attached hydrogens (primary N) is 1. The maximum Gasteiger partial charge on any atom is 0.250 e. The maximum absolute atomic E-state index is 13.3. The highest BCUT2D eigenvalue weighted by Crippen LogP contribution is 2.37. The van der Waals surface area contributed by atoms with Crippen molar-refractivity contribution in [3.8, 4) is 11.1 Å². The molecule has 1 aromatic heterocycles. The predicted octanol–water partition coefficient (Wildman–Crippen LogP) is 4.64. The van der Waals surface area contributed by atoms with E-state index in [1.807, 2.05) is 42.6 Å². The van der Waals surface area contributed by atoms with Gasteiger partial charge in [0.1, 0.15) is 0 Å². The minimum Gasteiger partial charge on any atom is -0.366 e. The number of hydrogen-bond donors (Lipinski definition) is 2. The summed E-state index contributed by atoms with van der Waals surface area (Å²) in [5.74, 6) is 0.798. The highest BCUT2D eigenvalue weighted by molar-refractivity contribution is 7.89. The summed E-state index contributed by atoms with van der Waals surface area (Å²) in [5.41, 5.74) is 10.1. The van der Waals surface area contributed by atoms with Crippen LogP contribution < -0.4 is 5.73 Å². The number of primary amides is 1. The van der Waals surface area contributed by atoms with Gasteiger partial charge in [0.15, 0.2) is 0 Å². The highest BCUT2D eigenvalue weighted by atomic mass is 32.2. The van der Waals surface area contributed by atoms with Gasteiger partial charge in [0.25, 0.3) is 5.91 Å². The molecule has 3 N–H and O–H groups in total. The van der Waals surface area contributed by atoms with Crippen LogP contribution in [0.5, 0.6) is 0 Å². The molecule has 0 saturated carbocycles. The molecule has 9 heteroatoms. The molecular weight excluding hydrogens is 546 g/mol. The number of piperidine rings is 3. The molecule has 42 heavy (non-hydrogen) atoms. The quantitative estimate of drug-likeness (QED) is 0.397. The molecule has 0 atom stereocenters. The molecule has 3 aliphatic heterocycles. The van der Waals surface area contributed by atoms with E-state index in [-0.39, 0.29) is 11.7 Å². The fourth-order valence-electron chi connectivity index (χ4n) is 7.30. The van der Waals surface area contributed by atoms with Crippen LogP contribution in [0.1, 0.15) is 67.3 Å². The van der Waals surface area contributed by atoms with Gasteiger partial charge in [0.05, 0.1) is 16.8 Å². The van der Waals surface area contributed by atoms with E-state index in [9.17, 15) is 13.2 Å². The fraction of sp³-hybridized carbons (Fsp3) is 0.545. The van der Waals surface area contributed by atoms with E-state index in [2.05, 4.69) is 27.8 Å². The average Bonchev–Trinajstić information content (AvgIpc) is 3.45. The van der Waals surface area contributed by atoms with Crippen molar-refractivity contribution in [2.45, 2.75) is 57.4 Å². The number of aromatic amines is 1. The summed E-state index contributed by atoms with van der Waals surface area (Å²) in [6.07, 6.45) is 8.40. The SMILES string of the molecule is CC1CCN(C2CCN(CCS(=O)(=O)N3CCC(c4c[nH]c5c(C(N)=O)cc(-c6ccccc6)cc45)CC3)CC2)CC1. The standard InChI is InChI=1S/C33H45N5O3S/c1-24-7-15-37(16-8-24)28-11-13-36(14-12-28)19-20-42(40,41)38-17-9-26(10-18-38)31-23-35-32-29(31)21-27(22-30(32)33(34)39)25-5-3-2-4-6-25/h2-6,21-24,26,28,35H,7-20H2,1H3,(H2,34,39). The van der Waals surface area contributed by atoms with E-state index in [4.69, 9.17) is 5.73 Å². The van der Waals surface area contributed by atoms with Crippen LogP contribution in [0, 0.1) is 5.92 Å². The third-order valence-corrected chi connectivity index (χ3v) is 11.9. The number of hydrogen-bond acceptors (Lipinski definition) is 5. The van der Waals surface area contributed by atoms with Gasteiger partial charge < -0.3 is 20.5 Å². The molecule has 3 aromatic rings. The van der Waals surface area contributed by atoms with Crippen molar-refractivity contribution in [3.05, 3.63) is 59.8 Å². The van der Waals surface area contributed by atoms with Crippen molar-refractivity contribution in [1.82, 2.24) is 19.1 Å². The first-order valence-electron chi connectivity index (χ1n) is 15.7. The lowest BCUT2D eigenvalue weighted by molar-refractivity contribution is 0.0824. The summed E-state index contributed by atoms with van der Waals surface area (Å²) in [6, 6.07) is 14.6. The number of fused-ring (bicyclic) bond motifs is 1. The lowest BCUT2D eigenvalue weighted by atomic mass is 9.88. The van der Waals surface area contributed by atoms with Crippen molar-refractivity contribution < 1.29 is 13.2 Å². The molecule has 0 spiro atoms. The van der Waals surface area contributed by atoms with Gasteiger partial charge in [-0.15, -0.1) is 0 Å². The van der Waals surface area contributed by atoms with Crippen molar-refractivity contribution in [2.75, 3.05) is 51.6 Å². The van der Waals surface area contributed by atoms with Gasteiger partial charge in [0, 0.05) is 37.3 Å². The van der Waals surface area contributed by atoms with Crippen LogP contribution in [-0.2, 0) is 10.0 Å². The molecule has 0 unspecified atom stereocenters.